The first-order valence-electron chi connectivity index (χ1n) is 13.3. The fraction of sp³-hybridized carbons (Fsp3) is 0.600. The smallest absolute Gasteiger partial charge is 0.306 e. The average Bonchev–Trinajstić information content (AvgIpc) is 2.81. The largest absolute Gasteiger partial charge is 0.481 e. The average molecular weight is 473 g/mol. The SMILES string of the molecule is CC/C=C\C/C=C\C/C=C\C/C=C\C/C=C\C(CCCCC(=O)O)OC(=O)CCCCCCC. The molecule has 0 aliphatic heterocycles. The number of carboxylic acids is 1. The van der Waals surface area contributed by atoms with Crippen molar-refractivity contribution in [3.8, 4) is 0 Å². The van der Waals surface area contributed by atoms with Gasteiger partial charge < -0.3 is 9.84 Å². The highest BCUT2D eigenvalue weighted by molar-refractivity contribution is 5.69. The van der Waals surface area contributed by atoms with Crippen LogP contribution < -0.4 is 0 Å². The topological polar surface area (TPSA) is 63.6 Å². The molecule has 0 bridgehead atoms. The molecule has 4 heteroatoms. The van der Waals surface area contributed by atoms with Gasteiger partial charge in [0.1, 0.15) is 6.10 Å². The van der Waals surface area contributed by atoms with Crippen molar-refractivity contribution in [1.82, 2.24) is 0 Å². The van der Waals surface area contributed by atoms with Crippen molar-refractivity contribution in [1.29, 1.82) is 0 Å². The second kappa shape index (κ2) is 25.3. The van der Waals surface area contributed by atoms with E-state index in [4.69, 9.17) is 9.84 Å². The van der Waals surface area contributed by atoms with Gasteiger partial charge in [0.15, 0.2) is 0 Å². The minimum atomic E-state index is -0.782. The molecule has 1 atom stereocenters. The molecule has 0 aliphatic rings. The molecule has 0 aromatic carbocycles. The Hall–Kier alpha value is -2.36. The number of hydrogen-bond acceptors (Lipinski definition) is 3. The molecule has 1 N–H and O–H groups in total. The first kappa shape index (κ1) is 31.6. The van der Waals surface area contributed by atoms with Gasteiger partial charge in [-0.2, -0.15) is 0 Å². The van der Waals surface area contributed by atoms with Gasteiger partial charge in [-0.05, 0) is 63.9 Å². The van der Waals surface area contributed by atoms with Gasteiger partial charge in [-0.3, -0.25) is 9.59 Å². The lowest BCUT2D eigenvalue weighted by Gasteiger charge is -2.14. The monoisotopic (exact) mass is 472 g/mol. The predicted molar refractivity (Wildman–Crippen MR) is 144 cm³/mol. The second-order valence-corrected chi connectivity index (χ2v) is 8.50. The van der Waals surface area contributed by atoms with Crippen LogP contribution in [0.5, 0.6) is 0 Å². The van der Waals surface area contributed by atoms with E-state index in [1.165, 1.54) is 12.8 Å². The summed E-state index contributed by atoms with van der Waals surface area (Å²) in [5.41, 5.74) is 0. The predicted octanol–water partition coefficient (Wildman–Crippen LogP) is 8.66. The maximum absolute atomic E-state index is 12.2. The molecule has 0 saturated carbocycles. The Morgan fingerprint density at radius 2 is 1.21 bits per heavy atom. The van der Waals surface area contributed by atoms with Crippen LogP contribution in [0.3, 0.4) is 0 Å². The Labute approximate surface area is 208 Å². The van der Waals surface area contributed by atoms with Gasteiger partial charge >= 0.3 is 11.9 Å². The van der Waals surface area contributed by atoms with Crippen LogP contribution in [-0.2, 0) is 14.3 Å². The third kappa shape index (κ3) is 24.3. The third-order valence-electron chi connectivity index (χ3n) is 5.24. The summed E-state index contributed by atoms with van der Waals surface area (Å²) in [6.07, 6.45) is 33.9. The van der Waals surface area contributed by atoms with Crippen LogP contribution in [0.2, 0.25) is 0 Å². The Balaban J connectivity index is 4.28. The van der Waals surface area contributed by atoms with Gasteiger partial charge in [-0.25, -0.2) is 0 Å². The molecular weight excluding hydrogens is 424 g/mol. The zero-order valence-corrected chi connectivity index (χ0v) is 21.6. The number of ether oxygens (including phenoxy) is 1. The summed E-state index contributed by atoms with van der Waals surface area (Å²) in [5.74, 6) is -0.934. The lowest BCUT2D eigenvalue weighted by molar-refractivity contribution is -0.147. The summed E-state index contributed by atoms with van der Waals surface area (Å²) >= 11 is 0. The molecule has 0 radical (unpaired) electrons. The van der Waals surface area contributed by atoms with Gasteiger partial charge in [-0.1, -0.05) is 94.2 Å². The maximum Gasteiger partial charge on any atom is 0.306 e. The van der Waals surface area contributed by atoms with Gasteiger partial charge in [0, 0.05) is 12.8 Å². The quantitative estimate of drug-likeness (QED) is 0.0972. The molecule has 0 amide bonds. The van der Waals surface area contributed by atoms with E-state index >= 15 is 0 Å². The number of aliphatic carboxylic acids is 1. The number of carboxylic acid groups (broad SMARTS) is 1. The summed E-state index contributed by atoms with van der Waals surface area (Å²) in [6, 6.07) is 0. The van der Waals surface area contributed by atoms with Crippen LogP contribution >= 0.6 is 0 Å². The Morgan fingerprint density at radius 3 is 1.76 bits per heavy atom. The highest BCUT2D eigenvalue weighted by Crippen LogP contribution is 2.12. The summed E-state index contributed by atoms with van der Waals surface area (Å²) in [5, 5.41) is 8.81. The Morgan fingerprint density at radius 1 is 0.676 bits per heavy atom. The normalized spacial score (nSPS) is 13.2. The molecule has 0 spiro atoms. The highest BCUT2D eigenvalue weighted by atomic mass is 16.5. The zero-order valence-electron chi connectivity index (χ0n) is 21.6. The maximum atomic E-state index is 12.2. The van der Waals surface area contributed by atoms with Crippen molar-refractivity contribution >= 4 is 11.9 Å². The van der Waals surface area contributed by atoms with Crippen molar-refractivity contribution in [3.05, 3.63) is 60.8 Å². The number of carbonyl (C=O) groups excluding carboxylic acids is 1. The fourth-order valence-electron chi connectivity index (χ4n) is 3.30. The van der Waals surface area contributed by atoms with Crippen LogP contribution in [0.15, 0.2) is 60.8 Å². The molecule has 0 saturated heterocycles. The molecule has 4 nitrogen and oxygen atoms in total. The van der Waals surface area contributed by atoms with Crippen molar-refractivity contribution in [3.63, 3.8) is 0 Å². The fourth-order valence-corrected chi connectivity index (χ4v) is 3.30. The Bertz CT molecular complexity index is 640. The van der Waals surface area contributed by atoms with Crippen LogP contribution in [0.25, 0.3) is 0 Å². The number of unbranched alkanes of at least 4 members (excludes halogenated alkanes) is 5. The van der Waals surface area contributed by atoms with E-state index in [0.717, 1.165) is 57.8 Å². The lowest BCUT2D eigenvalue weighted by atomic mass is 10.1. The lowest BCUT2D eigenvalue weighted by Crippen LogP contribution is -2.16. The first-order valence-corrected chi connectivity index (χ1v) is 13.3. The number of rotatable bonds is 22. The number of allylic oxidation sites excluding steroid dienone is 9. The van der Waals surface area contributed by atoms with Crippen LogP contribution in [-0.4, -0.2) is 23.1 Å². The van der Waals surface area contributed by atoms with E-state index < -0.39 is 5.97 Å². The summed E-state index contributed by atoms with van der Waals surface area (Å²) in [7, 11) is 0. The van der Waals surface area contributed by atoms with Crippen molar-refractivity contribution in [2.24, 2.45) is 0 Å². The molecule has 0 fully saturated rings. The molecule has 0 heterocycles. The van der Waals surface area contributed by atoms with Crippen molar-refractivity contribution in [2.75, 3.05) is 0 Å². The van der Waals surface area contributed by atoms with Crippen LogP contribution in [0.1, 0.15) is 110 Å². The van der Waals surface area contributed by atoms with E-state index in [-0.39, 0.29) is 18.5 Å². The first-order chi connectivity index (χ1) is 16.6. The van der Waals surface area contributed by atoms with Crippen molar-refractivity contribution < 1.29 is 19.4 Å². The highest BCUT2D eigenvalue weighted by Gasteiger charge is 2.11. The molecule has 192 valence electrons. The number of carbonyl (C=O) groups is 2. The molecule has 1 unspecified atom stereocenters. The third-order valence-corrected chi connectivity index (χ3v) is 5.24. The number of esters is 1. The van der Waals surface area contributed by atoms with Gasteiger partial charge in [0.2, 0.25) is 0 Å². The van der Waals surface area contributed by atoms with Crippen LogP contribution in [0.4, 0.5) is 0 Å². The Kier molecular flexibility index (Phi) is 23.5. The second-order valence-electron chi connectivity index (χ2n) is 8.50. The summed E-state index contributed by atoms with van der Waals surface area (Å²) < 4.78 is 5.66. The van der Waals surface area contributed by atoms with E-state index in [1.807, 2.05) is 12.2 Å². The van der Waals surface area contributed by atoms with E-state index in [9.17, 15) is 9.59 Å². The van der Waals surface area contributed by atoms with Gasteiger partial charge in [-0.15, -0.1) is 0 Å². The minimum Gasteiger partial charge on any atom is -0.481 e. The summed E-state index contributed by atoms with van der Waals surface area (Å²) in [6.45, 7) is 4.32. The van der Waals surface area contributed by atoms with E-state index in [1.54, 1.807) is 0 Å². The minimum absolute atomic E-state index is 0.152. The van der Waals surface area contributed by atoms with Gasteiger partial charge in [0.05, 0.1) is 0 Å². The molecule has 34 heavy (non-hydrogen) atoms. The molecule has 0 aliphatic carbocycles. The number of hydrogen-bond donors (Lipinski definition) is 1. The van der Waals surface area contributed by atoms with E-state index in [2.05, 4.69) is 62.5 Å². The molecule has 0 aromatic heterocycles. The molecular formula is C30H48O4. The van der Waals surface area contributed by atoms with Gasteiger partial charge in [0.25, 0.3) is 0 Å². The molecule has 0 aromatic rings. The van der Waals surface area contributed by atoms with Crippen LogP contribution in [0, 0.1) is 0 Å². The standard InChI is InChI=1S/C30H48O4/c1-3-5-7-9-10-11-12-13-14-15-16-17-19-20-24-28(25-22-23-26-29(31)32)34-30(33)27-21-18-8-6-4-2/h5,7,10-11,13-14,16-17,20,24,28H,3-4,6,8-9,12,15,18-19,21-23,25-27H2,1-2H3,(H,31,32)/b7-5-,11-10-,14-13-,17-16-,24-20-. The zero-order chi connectivity index (χ0) is 25.1. The van der Waals surface area contributed by atoms with E-state index in [0.29, 0.717) is 19.3 Å². The summed E-state index contributed by atoms with van der Waals surface area (Å²) in [4.78, 5) is 22.9. The van der Waals surface area contributed by atoms with Crippen molar-refractivity contribution in [2.45, 2.75) is 116 Å². The molecule has 0 rings (SSSR count).